The third-order valence-electron chi connectivity index (χ3n) is 1.61. The average molecular weight is 152 g/mol. The Kier molecular flexibility index (Phi) is 1.98. The van der Waals surface area contributed by atoms with E-state index in [0.717, 1.165) is 5.56 Å². The van der Waals surface area contributed by atoms with Gasteiger partial charge in [-0.1, -0.05) is 13.8 Å². The number of H-pyrrole nitrogens is 1. The topological polar surface area (TPSA) is 58.9 Å². The molecule has 0 aliphatic rings. The first-order valence-electron chi connectivity index (χ1n) is 3.60. The molecular weight excluding hydrogens is 140 g/mol. The second kappa shape index (κ2) is 2.78. The van der Waals surface area contributed by atoms with Gasteiger partial charge in [-0.25, -0.2) is 0 Å². The number of rotatable bonds is 1. The van der Waals surface area contributed by atoms with Gasteiger partial charge in [-0.3, -0.25) is 4.79 Å². The Morgan fingerprint density at radius 3 is 2.55 bits per heavy atom. The second-order valence-electron chi connectivity index (χ2n) is 2.85. The Labute approximate surface area is 65.2 Å². The van der Waals surface area contributed by atoms with Gasteiger partial charge in [-0.15, -0.1) is 0 Å². The molecule has 3 heteroatoms. The lowest BCUT2D eigenvalue weighted by Gasteiger charge is -2.06. The molecular formula is C8H12N2O. The molecule has 1 heterocycles. The second-order valence-corrected chi connectivity index (χ2v) is 2.85. The number of nitrogen functional groups attached to an aromatic ring is 1. The largest absolute Gasteiger partial charge is 0.385 e. The summed E-state index contributed by atoms with van der Waals surface area (Å²) in [6, 6.07) is 3.25. The standard InChI is InChI=1S/C8H12N2O/c1-5(2)6-3-4-7(11)10-8(6)9/h3-5H,1-2H3,(H3,9,10,11). The average Bonchev–Trinajstić information content (AvgIpc) is 1.85. The van der Waals surface area contributed by atoms with Crippen molar-refractivity contribution in [2.24, 2.45) is 0 Å². The summed E-state index contributed by atoms with van der Waals surface area (Å²) in [5.74, 6) is 0.833. The molecule has 0 unspecified atom stereocenters. The van der Waals surface area contributed by atoms with Crippen LogP contribution in [0.2, 0.25) is 0 Å². The lowest BCUT2D eigenvalue weighted by molar-refractivity contribution is 0.861. The van der Waals surface area contributed by atoms with E-state index in [-0.39, 0.29) is 5.56 Å². The fourth-order valence-corrected chi connectivity index (χ4v) is 1.01. The first-order valence-corrected chi connectivity index (χ1v) is 3.60. The number of pyridine rings is 1. The van der Waals surface area contributed by atoms with Gasteiger partial charge in [0.2, 0.25) is 5.56 Å². The molecule has 3 nitrogen and oxygen atoms in total. The number of aromatic nitrogens is 1. The quantitative estimate of drug-likeness (QED) is 0.632. The molecule has 0 atom stereocenters. The highest BCUT2D eigenvalue weighted by Gasteiger charge is 2.02. The lowest BCUT2D eigenvalue weighted by atomic mass is 10.1. The van der Waals surface area contributed by atoms with Gasteiger partial charge >= 0.3 is 0 Å². The SMILES string of the molecule is CC(C)c1ccc(=O)[nH]c1N. The fourth-order valence-electron chi connectivity index (χ4n) is 1.01. The van der Waals surface area contributed by atoms with Crippen molar-refractivity contribution in [2.75, 3.05) is 5.73 Å². The predicted molar refractivity (Wildman–Crippen MR) is 45.6 cm³/mol. The minimum Gasteiger partial charge on any atom is -0.385 e. The van der Waals surface area contributed by atoms with E-state index in [1.807, 2.05) is 13.8 Å². The van der Waals surface area contributed by atoms with Crippen molar-refractivity contribution < 1.29 is 0 Å². The zero-order valence-corrected chi connectivity index (χ0v) is 6.72. The van der Waals surface area contributed by atoms with Crippen LogP contribution in [0.5, 0.6) is 0 Å². The van der Waals surface area contributed by atoms with E-state index in [9.17, 15) is 4.79 Å². The van der Waals surface area contributed by atoms with Gasteiger partial charge in [-0.05, 0) is 17.5 Å². The molecule has 3 N–H and O–H groups in total. The van der Waals surface area contributed by atoms with Crippen LogP contribution in [0.15, 0.2) is 16.9 Å². The van der Waals surface area contributed by atoms with Crippen LogP contribution in [-0.2, 0) is 0 Å². The van der Waals surface area contributed by atoms with Crippen molar-refractivity contribution >= 4 is 5.82 Å². The monoisotopic (exact) mass is 152 g/mol. The molecule has 11 heavy (non-hydrogen) atoms. The van der Waals surface area contributed by atoms with Gasteiger partial charge in [0.15, 0.2) is 0 Å². The fraction of sp³-hybridized carbons (Fsp3) is 0.375. The van der Waals surface area contributed by atoms with Crippen molar-refractivity contribution in [1.29, 1.82) is 0 Å². The van der Waals surface area contributed by atoms with Crippen LogP contribution in [0.1, 0.15) is 25.3 Å². The van der Waals surface area contributed by atoms with E-state index in [2.05, 4.69) is 4.98 Å². The summed E-state index contributed by atoms with van der Waals surface area (Å²) in [6.45, 7) is 4.06. The first kappa shape index (κ1) is 7.85. The van der Waals surface area contributed by atoms with Crippen LogP contribution in [0.3, 0.4) is 0 Å². The summed E-state index contributed by atoms with van der Waals surface area (Å²) in [4.78, 5) is 13.3. The molecule has 0 amide bonds. The number of anilines is 1. The van der Waals surface area contributed by atoms with Crippen molar-refractivity contribution in [2.45, 2.75) is 19.8 Å². The van der Waals surface area contributed by atoms with E-state index in [1.54, 1.807) is 6.07 Å². The molecule has 0 fully saturated rings. The Hall–Kier alpha value is -1.25. The molecule has 0 bridgehead atoms. The minimum atomic E-state index is -0.146. The molecule has 0 spiro atoms. The highest BCUT2D eigenvalue weighted by Crippen LogP contribution is 2.16. The molecule has 0 aliphatic heterocycles. The van der Waals surface area contributed by atoms with E-state index in [1.165, 1.54) is 6.07 Å². The van der Waals surface area contributed by atoms with Crippen LogP contribution in [0.25, 0.3) is 0 Å². The summed E-state index contributed by atoms with van der Waals surface area (Å²) in [5.41, 5.74) is 6.41. The van der Waals surface area contributed by atoms with Gasteiger partial charge in [0.1, 0.15) is 5.82 Å². The normalized spacial score (nSPS) is 10.5. The van der Waals surface area contributed by atoms with Gasteiger partial charge in [0.05, 0.1) is 0 Å². The van der Waals surface area contributed by atoms with E-state index >= 15 is 0 Å². The van der Waals surface area contributed by atoms with E-state index in [0.29, 0.717) is 11.7 Å². The van der Waals surface area contributed by atoms with Crippen LogP contribution in [0.4, 0.5) is 5.82 Å². The number of hydrogen-bond acceptors (Lipinski definition) is 2. The Morgan fingerprint density at radius 1 is 1.45 bits per heavy atom. The Morgan fingerprint density at radius 2 is 2.09 bits per heavy atom. The van der Waals surface area contributed by atoms with Gasteiger partial charge in [-0.2, -0.15) is 0 Å². The third kappa shape index (κ3) is 1.61. The molecule has 60 valence electrons. The first-order chi connectivity index (χ1) is 5.11. The lowest BCUT2D eigenvalue weighted by Crippen LogP contribution is -2.09. The highest BCUT2D eigenvalue weighted by atomic mass is 16.1. The smallest absolute Gasteiger partial charge is 0.249 e. The van der Waals surface area contributed by atoms with Crippen LogP contribution >= 0.6 is 0 Å². The summed E-state index contributed by atoms with van der Waals surface area (Å²) >= 11 is 0. The van der Waals surface area contributed by atoms with Gasteiger partial charge in [0, 0.05) is 6.07 Å². The molecule has 0 aliphatic carbocycles. The maximum Gasteiger partial charge on any atom is 0.249 e. The summed E-state index contributed by atoms with van der Waals surface area (Å²) in [6.07, 6.45) is 0. The summed E-state index contributed by atoms with van der Waals surface area (Å²) in [7, 11) is 0. The van der Waals surface area contributed by atoms with Crippen molar-refractivity contribution in [1.82, 2.24) is 4.98 Å². The number of nitrogens with two attached hydrogens (primary N) is 1. The Bertz CT molecular complexity index is 301. The number of hydrogen-bond donors (Lipinski definition) is 2. The Balaban J connectivity index is 3.20. The molecule has 1 rings (SSSR count). The van der Waals surface area contributed by atoms with E-state index in [4.69, 9.17) is 5.73 Å². The zero-order chi connectivity index (χ0) is 8.43. The van der Waals surface area contributed by atoms with Crippen LogP contribution in [0, 0.1) is 0 Å². The molecule has 0 aromatic carbocycles. The zero-order valence-electron chi connectivity index (χ0n) is 6.72. The van der Waals surface area contributed by atoms with Crippen molar-refractivity contribution in [3.05, 3.63) is 28.0 Å². The summed E-state index contributed by atoms with van der Waals surface area (Å²) < 4.78 is 0. The predicted octanol–water partition coefficient (Wildman–Crippen LogP) is 1.08. The summed E-state index contributed by atoms with van der Waals surface area (Å²) in [5, 5.41) is 0. The molecule has 0 radical (unpaired) electrons. The van der Waals surface area contributed by atoms with E-state index < -0.39 is 0 Å². The maximum absolute atomic E-state index is 10.7. The molecule has 0 saturated carbocycles. The van der Waals surface area contributed by atoms with Crippen LogP contribution < -0.4 is 11.3 Å². The molecule has 1 aromatic heterocycles. The number of nitrogens with one attached hydrogen (secondary N) is 1. The van der Waals surface area contributed by atoms with Crippen molar-refractivity contribution in [3.63, 3.8) is 0 Å². The maximum atomic E-state index is 10.7. The third-order valence-corrected chi connectivity index (χ3v) is 1.61. The minimum absolute atomic E-state index is 0.146. The van der Waals surface area contributed by atoms with Crippen LogP contribution in [-0.4, -0.2) is 4.98 Å². The molecule has 0 saturated heterocycles. The molecule has 1 aromatic rings. The van der Waals surface area contributed by atoms with Gasteiger partial charge < -0.3 is 10.7 Å². The number of aromatic amines is 1. The highest BCUT2D eigenvalue weighted by molar-refractivity contribution is 5.40. The van der Waals surface area contributed by atoms with Crippen molar-refractivity contribution in [3.8, 4) is 0 Å². The van der Waals surface area contributed by atoms with Gasteiger partial charge in [0.25, 0.3) is 0 Å².